The molecule has 0 aromatic carbocycles. The molecule has 0 radical (unpaired) electrons. The molecule has 1 aromatic rings. The number of fused-ring (bicyclic) bond motifs is 2. The Labute approximate surface area is 92.9 Å². The van der Waals surface area contributed by atoms with Crippen molar-refractivity contribution >= 4 is 5.97 Å². The lowest BCUT2D eigenvalue weighted by Crippen LogP contribution is -2.33. The molecule has 1 heterocycles. The number of hydrogen-bond donors (Lipinski definition) is 2. The van der Waals surface area contributed by atoms with Gasteiger partial charge >= 0.3 is 5.97 Å². The van der Waals surface area contributed by atoms with Gasteiger partial charge in [-0.3, -0.25) is 0 Å². The fourth-order valence-electron chi connectivity index (χ4n) is 3.39. The second-order valence-corrected chi connectivity index (χ2v) is 4.97. The molecular weight excluding hydrogens is 208 g/mol. The largest absolute Gasteiger partial charge is 0.478 e. The van der Waals surface area contributed by atoms with E-state index in [2.05, 4.69) is 0 Å². The van der Waals surface area contributed by atoms with E-state index in [1.807, 2.05) is 0 Å². The third kappa shape index (κ3) is 1.16. The smallest absolute Gasteiger partial charge is 0.339 e. The Morgan fingerprint density at radius 1 is 1.50 bits per heavy atom. The van der Waals surface area contributed by atoms with Crippen LogP contribution in [0.25, 0.3) is 0 Å². The van der Waals surface area contributed by atoms with Crippen LogP contribution in [0.1, 0.15) is 41.8 Å². The number of aromatic carboxylic acids is 1. The first kappa shape index (κ1) is 9.90. The van der Waals surface area contributed by atoms with Gasteiger partial charge < -0.3 is 14.6 Å². The van der Waals surface area contributed by atoms with Gasteiger partial charge in [0.2, 0.25) is 0 Å². The fraction of sp³-hybridized carbons (Fsp3) is 0.583. The third-order valence-electron chi connectivity index (χ3n) is 4.11. The summed E-state index contributed by atoms with van der Waals surface area (Å²) in [5.41, 5.74) is -0.935. The van der Waals surface area contributed by atoms with Crippen molar-refractivity contribution in [2.75, 3.05) is 0 Å². The van der Waals surface area contributed by atoms with Crippen LogP contribution < -0.4 is 0 Å². The van der Waals surface area contributed by atoms with Crippen molar-refractivity contribution in [2.24, 2.45) is 11.8 Å². The predicted molar refractivity (Wildman–Crippen MR) is 55.0 cm³/mol. The standard InChI is InChI=1S/C12H14O4/c13-11(14)9-3-4-16-10(9)12(15)6-7-1-2-8(12)5-7/h3-4,7-8,15H,1-2,5-6H2,(H,13,14). The Bertz CT molecular complexity index is 436. The maximum absolute atomic E-state index is 11.0. The highest BCUT2D eigenvalue weighted by atomic mass is 16.4. The molecule has 2 fully saturated rings. The second-order valence-electron chi connectivity index (χ2n) is 4.97. The van der Waals surface area contributed by atoms with Gasteiger partial charge in [0, 0.05) is 0 Å². The molecule has 2 saturated carbocycles. The average Bonchev–Trinajstić information content (AvgIpc) is 2.91. The van der Waals surface area contributed by atoms with Crippen LogP contribution in [-0.2, 0) is 5.60 Å². The van der Waals surface area contributed by atoms with E-state index >= 15 is 0 Å². The molecule has 4 heteroatoms. The van der Waals surface area contributed by atoms with Crippen LogP contribution in [0.5, 0.6) is 0 Å². The molecule has 4 nitrogen and oxygen atoms in total. The second kappa shape index (κ2) is 3.10. The first-order valence-electron chi connectivity index (χ1n) is 5.65. The summed E-state index contributed by atoms with van der Waals surface area (Å²) in [6.45, 7) is 0. The van der Waals surface area contributed by atoms with E-state index in [4.69, 9.17) is 9.52 Å². The molecule has 0 spiro atoms. The summed E-state index contributed by atoms with van der Waals surface area (Å²) >= 11 is 0. The van der Waals surface area contributed by atoms with Crippen LogP contribution in [0.2, 0.25) is 0 Å². The molecule has 2 N–H and O–H groups in total. The number of hydrogen-bond acceptors (Lipinski definition) is 3. The van der Waals surface area contributed by atoms with Gasteiger partial charge in [-0.15, -0.1) is 0 Å². The monoisotopic (exact) mass is 222 g/mol. The van der Waals surface area contributed by atoms with Crippen LogP contribution in [-0.4, -0.2) is 16.2 Å². The van der Waals surface area contributed by atoms with Crippen LogP contribution in [0, 0.1) is 11.8 Å². The highest BCUT2D eigenvalue weighted by Crippen LogP contribution is 2.56. The van der Waals surface area contributed by atoms with Crippen molar-refractivity contribution in [3.05, 3.63) is 23.7 Å². The number of furan rings is 1. The first-order valence-corrected chi connectivity index (χ1v) is 5.65. The summed E-state index contributed by atoms with van der Waals surface area (Å²) in [7, 11) is 0. The van der Waals surface area contributed by atoms with Gasteiger partial charge in [-0.05, 0) is 43.6 Å². The van der Waals surface area contributed by atoms with E-state index in [-0.39, 0.29) is 17.2 Å². The Morgan fingerprint density at radius 3 is 2.88 bits per heavy atom. The molecule has 2 bridgehead atoms. The number of rotatable bonds is 2. The minimum Gasteiger partial charge on any atom is -0.478 e. The lowest BCUT2D eigenvalue weighted by molar-refractivity contribution is -0.0377. The SMILES string of the molecule is O=C(O)c1ccoc1C1(O)CC2CCC1C2. The number of carboxylic acids is 1. The maximum atomic E-state index is 11.0. The molecule has 3 unspecified atom stereocenters. The van der Waals surface area contributed by atoms with E-state index in [9.17, 15) is 9.90 Å². The minimum atomic E-state index is -1.04. The van der Waals surface area contributed by atoms with E-state index < -0.39 is 11.6 Å². The summed E-state index contributed by atoms with van der Waals surface area (Å²) in [5, 5.41) is 19.6. The van der Waals surface area contributed by atoms with Crippen molar-refractivity contribution in [1.82, 2.24) is 0 Å². The molecule has 2 aliphatic carbocycles. The molecule has 16 heavy (non-hydrogen) atoms. The van der Waals surface area contributed by atoms with Crippen molar-refractivity contribution < 1.29 is 19.4 Å². The lowest BCUT2D eigenvalue weighted by Gasteiger charge is -2.30. The van der Waals surface area contributed by atoms with E-state index in [1.165, 1.54) is 12.3 Å². The van der Waals surface area contributed by atoms with E-state index in [0.29, 0.717) is 12.3 Å². The van der Waals surface area contributed by atoms with Crippen LogP contribution in [0.15, 0.2) is 16.7 Å². The first-order chi connectivity index (χ1) is 7.61. The lowest BCUT2D eigenvalue weighted by atomic mass is 9.81. The maximum Gasteiger partial charge on any atom is 0.339 e. The molecule has 3 atom stereocenters. The summed E-state index contributed by atoms with van der Waals surface area (Å²) in [6.07, 6.45) is 5.11. The zero-order chi connectivity index (χ0) is 11.3. The Kier molecular flexibility index (Phi) is 1.92. The van der Waals surface area contributed by atoms with Gasteiger partial charge in [-0.1, -0.05) is 0 Å². The van der Waals surface area contributed by atoms with Gasteiger partial charge in [0.15, 0.2) is 0 Å². The Hall–Kier alpha value is -1.29. The van der Waals surface area contributed by atoms with Gasteiger partial charge in [0.05, 0.1) is 6.26 Å². The zero-order valence-corrected chi connectivity index (χ0v) is 8.85. The van der Waals surface area contributed by atoms with Crippen molar-refractivity contribution in [3.8, 4) is 0 Å². The molecule has 0 aliphatic heterocycles. The minimum absolute atomic E-state index is 0.107. The number of carbonyl (C=O) groups is 1. The third-order valence-corrected chi connectivity index (χ3v) is 4.11. The van der Waals surface area contributed by atoms with Crippen LogP contribution in [0.4, 0.5) is 0 Å². The fourth-order valence-corrected chi connectivity index (χ4v) is 3.39. The van der Waals surface area contributed by atoms with Gasteiger partial charge in [0.25, 0.3) is 0 Å². The Balaban J connectivity index is 2.03. The van der Waals surface area contributed by atoms with E-state index in [1.54, 1.807) is 0 Å². The van der Waals surface area contributed by atoms with E-state index in [0.717, 1.165) is 19.3 Å². The molecule has 1 aromatic heterocycles. The highest BCUT2D eigenvalue weighted by molar-refractivity contribution is 5.89. The van der Waals surface area contributed by atoms with Gasteiger partial charge in [-0.25, -0.2) is 4.79 Å². The normalized spacial score (nSPS) is 36.8. The molecule has 3 rings (SSSR count). The van der Waals surface area contributed by atoms with Crippen molar-refractivity contribution in [1.29, 1.82) is 0 Å². The summed E-state index contributed by atoms with van der Waals surface area (Å²) < 4.78 is 5.23. The topological polar surface area (TPSA) is 70.7 Å². The molecular formula is C12H14O4. The van der Waals surface area contributed by atoms with Crippen molar-refractivity contribution in [2.45, 2.75) is 31.3 Å². The van der Waals surface area contributed by atoms with Crippen molar-refractivity contribution in [3.63, 3.8) is 0 Å². The predicted octanol–water partition coefficient (Wildman–Crippen LogP) is 1.99. The molecule has 0 amide bonds. The average molecular weight is 222 g/mol. The summed E-state index contributed by atoms with van der Waals surface area (Å²) in [4.78, 5) is 11.0. The Morgan fingerprint density at radius 2 is 2.31 bits per heavy atom. The highest BCUT2D eigenvalue weighted by Gasteiger charge is 2.54. The summed E-state index contributed by atoms with van der Waals surface area (Å²) in [6, 6.07) is 1.42. The zero-order valence-electron chi connectivity index (χ0n) is 8.85. The van der Waals surface area contributed by atoms with Crippen LogP contribution >= 0.6 is 0 Å². The molecule has 2 aliphatic rings. The molecule has 86 valence electrons. The summed E-state index contributed by atoms with van der Waals surface area (Å²) in [5.74, 6) is -0.0735. The number of aliphatic hydroxyl groups is 1. The van der Waals surface area contributed by atoms with Gasteiger partial charge in [-0.2, -0.15) is 0 Å². The quantitative estimate of drug-likeness (QED) is 0.802. The van der Waals surface area contributed by atoms with Gasteiger partial charge in [0.1, 0.15) is 16.9 Å². The molecule has 0 saturated heterocycles. The van der Waals surface area contributed by atoms with Crippen LogP contribution in [0.3, 0.4) is 0 Å². The number of carboxylic acid groups (broad SMARTS) is 1.